The molecule has 6 nitrogen and oxygen atoms in total. The highest BCUT2D eigenvalue weighted by Gasteiger charge is 2.09. The number of hydrogen-bond donors (Lipinski definition) is 2. The predicted octanol–water partition coefficient (Wildman–Crippen LogP) is 4.41. The molecule has 0 saturated heterocycles. The molecule has 0 saturated carbocycles. The van der Waals surface area contributed by atoms with Gasteiger partial charge in [0.25, 0.3) is 0 Å². The summed E-state index contributed by atoms with van der Waals surface area (Å²) in [6.07, 6.45) is 1.27. The van der Waals surface area contributed by atoms with Gasteiger partial charge in [0.1, 0.15) is 24.0 Å². The third-order valence-electron chi connectivity index (χ3n) is 4.33. The van der Waals surface area contributed by atoms with E-state index in [9.17, 15) is 18.4 Å². The molecule has 0 aliphatic carbocycles. The summed E-state index contributed by atoms with van der Waals surface area (Å²) in [4.78, 5) is 23.7. The Morgan fingerprint density at radius 1 is 0.875 bits per heavy atom. The summed E-state index contributed by atoms with van der Waals surface area (Å²) in [6.45, 7) is 0.314. The molecule has 2 amide bonds. The number of carbonyl (C=O) groups is 2. The number of amides is 2. The van der Waals surface area contributed by atoms with Crippen LogP contribution in [0.5, 0.6) is 5.75 Å². The number of hydrogen-bond acceptors (Lipinski definition) is 4. The standard InChI is InChI=1S/C24H21F2N3O3/c25-19-9-5-18(6-10-19)16-32-20-11-7-17(8-12-20)15-27-29-24(31)14-13-23(30)28-22-4-2-1-3-21(22)26/h1-12,15H,13-14,16H2,(H,28,30)(H,29,31). The summed E-state index contributed by atoms with van der Waals surface area (Å²) >= 11 is 0. The summed E-state index contributed by atoms with van der Waals surface area (Å²) < 4.78 is 32.0. The van der Waals surface area contributed by atoms with Crippen LogP contribution in [-0.2, 0) is 16.2 Å². The number of ether oxygens (including phenoxy) is 1. The number of nitrogens with one attached hydrogen (secondary N) is 2. The van der Waals surface area contributed by atoms with Crippen molar-refractivity contribution >= 4 is 23.7 Å². The zero-order valence-corrected chi connectivity index (χ0v) is 17.1. The Morgan fingerprint density at radius 3 is 2.28 bits per heavy atom. The van der Waals surface area contributed by atoms with Crippen molar-refractivity contribution < 1.29 is 23.1 Å². The van der Waals surface area contributed by atoms with E-state index in [4.69, 9.17) is 4.74 Å². The van der Waals surface area contributed by atoms with Crippen LogP contribution in [0.3, 0.4) is 0 Å². The van der Waals surface area contributed by atoms with Crippen LogP contribution in [0.15, 0.2) is 77.9 Å². The molecular formula is C24H21F2N3O3. The van der Waals surface area contributed by atoms with Gasteiger partial charge < -0.3 is 10.1 Å². The van der Waals surface area contributed by atoms with Crippen molar-refractivity contribution in [3.05, 3.63) is 95.6 Å². The van der Waals surface area contributed by atoms with Crippen molar-refractivity contribution in [2.24, 2.45) is 5.10 Å². The van der Waals surface area contributed by atoms with Crippen molar-refractivity contribution in [2.45, 2.75) is 19.4 Å². The molecule has 0 atom stereocenters. The Bertz CT molecular complexity index is 1080. The molecule has 3 aromatic rings. The van der Waals surface area contributed by atoms with Crippen molar-refractivity contribution in [1.29, 1.82) is 0 Å². The average Bonchev–Trinajstić information content (AvgIpc) is 2.80. The van der Waals surface area contributed by atoms with Gasteiger partial charge >= 0.3 is 0 Å². The van der Waals surface area contributed by atoms with Gasteiger partial charge in [-0.05, 0) is 59.7 Å². The first-order valence-corrected chi connectivity index (χ1v) is 9.83. The lowest BCUT2D eigenvalue weighted by molar-refractivity contribution is -0.124. The normalized spacial score (nSPS) is 10.7. The minimum absolute atomic E-state index is 0.0704. The first kappa shape index (κ1) is 22.6. The topological polar surface area (TPSA) is 79.8 Å². The van der Waals surface area contributed by atoms with E-state index in [1.54, 1.807) is 42.5 Å². The van der Waals surface area contributed by atoms with E-state index in [-0.39, 0.29) is 24.3 Å². The van der Waals surface area contributed by atoms with Gasteiger partial charge in [-0.1, -0.05) is 24.3 Å². The second-order valence-corrected chi connectivity index (χ2v) is 6.81. The first-order chi connectivity index (χ1) is 15.5. The van der Waals surface area contributed by atoms with Crippen LogP contribution in [0.4, 0.5) is 14.5 Å². The van der Waals surface area contributed by atoms with Gasteiger partial charge in [-0.3, -0.25) is 9.59 Å². The van der Waals surface area contributed by atoms with Crippen molar-refractivity contribution in [3.63, 3.8) is 0 Å². The van der Waals surface area contributed by atoms with Crippen LogP contribution >= 0.6 is 0 Å². The van der Waals surface area contributed by atoms with Crippen LogP contribution in [0.1, 0.15) is 24.0 Å². The third kappa shape index (κ3) is 7.32. The minimum atomic E-state index is -0.540. The highest BCUT2D eigenvalue weighted by molar-refractivity contribution is 5.93. The fraction of sp³-hybridized carbons (Fsp3) is 0.125. The van der Waals surface area contributed by atoms with Crippen LogP contribution in [0.2, 0.25) is 0 Å². The van der Waals surface area contributed by atoms with Gasteiger partial charge in [0.05, 0.1) is 11.9 Å². The van der Waals surface area contributed by atoms with E-state index >= 15 is 0 Å². The van der Waals surface area contributed by atoms with E-state index in [0.717, 1.165) is 11.1 Å². The van der Waals surface area contributed by atoms with E-state index in [0.29, 0.717) is 12.4 Å². The molecular weight excluding hydrogens is 416 g/mol. The van der Waals surface area contributed by atoms with Crippen LogP contribution < -0.4 is 15.5 Å². The molecule has 0 unspecified atom stereocenters. The summed E-state index contributed by atoms with van der Waals surface area (Å²) in [5.41, 5.74) is 3.99. The molecule has 0 aromatic heterocycles. The quantitative estimate of drug-likeness (QED) is 0.384. The SMILES string of the molecule is O=C(CCC(=O)Nc1ccccc1F)NN=Cc1ccc(OCc2ccc(F)cc2)cc1. The number of rotatable bonds is 9. The Balaban J connectivity index is 1.38. The van der Waals surface area contributed by atoms with Crippen LogP contribution in [-0.4, -0.2) is 18.0 Å². The van der Waals surface area contributed by atoms with Crippen molar-refractivity contribution in [1.82, 2.24) is 5.43 Å². The van der Waals surface area contributed by atoms with Crippen molar-refractivity contribution in [2.75, 3.05) is 5.32 Å². The number of benzene rings is 3. The van der Waals surface area contributed by atoms with E-state index < -0.39 is 17.6 Å². The molecule has 8 heteroatoms. The largest absolute Gasteiger partial charge is 0.489 e. The molecule has 0 fully saturated rings. The minimum Gasteiger partial charge on any atom is -0.489 e. The first-order valence-electron chi connectivity index (χ1n) is 9.83. The molecule has 0 aliphatic rings. The van der Waals surface area contributed by atoms with Gasteiger partial charge in [-0.15, -0.1) is 0 Å². The molecule has 0 bridgehead atoms. The summed E-state index contributed by atoms with van der Waals surface area (Å²) in [7, 11) is 0. The summed E-state index contributed by atoms with van der Waals surface area (Å²) in [6, 6.07) is 18.9. The number of halogens is 2. The van der Waals surface area contributed by atoms with E-state index in [2.05, 4.69) is 15.8 Å². The lowest BCUT2D eigenvalue weighted by Crippen LogP contribution is -2.20. The lowest BCUT2D eigenvalue weighted by atomic mass is 10.2. The molecule has 0 spiro atoms. The monoisotopic (exact) mass is 437 g/mol. The van der Waals surface area contributed by atoms with Gasteiger partial charge in [0.15, 0.2) is 0 Å². The zero-order chi connectivity index (χ0) is 22.8. The van der Waals surface area contributed by atoms with Crippen LogP contribution in [0, 0.1) is 11.6 Å². The van der Waals surface area contributed by atoms with Gasteiger partial charge in [-0.2, -0.15) is 5.10 Å². The second kappa shape index (κ2) is 11.4. The Hall–Kier alpha value is -4.07. The Morgan fingerprint density at radius 2 is 1.56 bits per heavy atom. The maximum Gasteiger partial charge on any atom is 0.240 e. The van der Waals surface area contributed by atoms with Gasteiger partial charge in [0.2, 0.25) is 11.8 Å². The molecule has 3 rings (SSSR count). The fourth-order valence-corrected chi connectivity index (χ4v) is 2.63. The average molecular weight is 437 g/mol. The maximum atomic E-state index is 13.5. The number of carbonyl (C=O) groups excluding carboxylic acids is 2. The number of hydrazone groups is 1. The van der Waals surface area contributed by atoms with Crippen LogP contribution in [0.25, 0.3) is 0 Å². The number of nitrogens with zero attached hydrogens (tertiary/aromatic N) is 1. The Labute approximate surface area is 183 Å². The molecule has 3 aromatic carbocycles. The summed E-state index contributed by atoms with van der Waals surface area (Å²) in [5.74, 6) is -1.11. The maximum absolute atomic E-state index is 13.5. The Kier molecular flexibility index (Phi) is 8.02. The van der Waals surface area contributed by atoms with E-state index in [1.165, 1.54) is 36.5 Å². The van der Waals surface area contributed by atoms with Gasteiger partial charge in [0, 0.05) is 12.8 Å². The highest BCUT2D eigenvalue weighted by Crippen LogP contribution is 2.14. The van der Waals surface area contributed by atoms with Crippen molar-refractivity contribution in [3.8, 4) is 5.75 Å². The van der Waals surface area contributed by atoms with E-state index in [1.807, 2.05) is 0 Å². The number of anilines is 1. The van der Waals surface area contributed by atoms with Gasteiger partial charge in [-0.25, -0.2) is 14.2 Å². The molecule has 0 aliphatic heterocycles. The molecule has 2 N–H and O–H groups in total. The summed E-state index contributed by atoms with van der Waals surface area (Å²) in [5, 5.41) is 6.27. The lowest BCUT2D eigenvalue weighted by Gasteiger charge is -2.06. The smallest absolute Gasteiger partial charge is 0.240 e. The second-order valence-electron chi connectivity index (χ2n) is 6.81. The molecule has 0 radical (unpaired) electrons. The fourth-order valence-electron chi connectivity index (χ4n) is 2.63. The molecule has 0 heterocycles. The third-order valence-corrected chi connectivity index (χ3v) is 4.33. The highest BCUT2D eigenvalue weighted by atomic mass is 19.1. The molecule has 164 valence electrons. The molecule has 32 heavy (non-hydrogen) atoms. The zero-order valence-electron chi connectivity index (χ0n) is 17.1. The predicted molar refractivity (Wildman–Crippen MR) is 117 cm³/mol. The number of para-hydroxylation sites is 1.